The van der Waals surface area contributed by atoms with Crippen molar-refractivity contribution in [3.8, 4) is 0 Å². The van der Waals surface area contributed by atoms with Crippen LogP contribution in [-0.4, -0.2) is 4.98 Å². The molecule has 3 heteroatoms. The first kappa shape index (κ1) is 7.35. The molecule has 0 aliphatic carbocycles. The summed E-state index contributed by atoms with van der Waals surface area (Å²) >= 11 is 5.49. The number of rotatable bonds is 2. The van der Waals surface area contributed by atoms with Crippen LogP contribution in [0.4, 0.5) is 0 Å². The van der Waals surface area contributed by atoms with Gasteiger partial charge in [0, 0.05) is 0 Å². The van der Waals surface area contributed by atoms with Crippen molar-refractivity contribution in [2.24, 2.45) is 0 Å². The van der Waals surface area contributed by atoms with Crippen LogP contribution >= 0.6 is 11.6 Å². The molecule has 0 saturated carbocycles. The zero-order valence-electron chi connectivity index (χ0n) is 5.67. The summed E-state index contributed by atoms with van der Waals surface area (Å²) < 4.78 is 5.01. The first-order valence-corrected chi connectivity index (χ1v) is 3.53. The van der Waals surface area contributed by atoms with Crippen LogP contribution in [0.3, 0.4) is 0 Å². The summed E-state index contributed by atoms with van der Waals surface area (Å²) in [5.41, 5.74) is 0.773. The van der Waals surface area contributed by atoms with Crippen LogP contribution in [-0.2, 0) is 5.88 Å². The van der Waals surface area contributed by atoms with Gasteiger partial charge in [0.25, 0.3) is 0 Å². The first-order valence-electron chi connectivity index (χ1n) is 3.00. The fraction of sp³-hybridized carbons (Fsp3) is 0.286. The van der Waals surface area contributed by atoms with Gasteiger partial charge >= 0.3 is 0 Å². The van der Waals surface area contributed by atoms with Crippen molar-refractivity contribution in [3.05, 3.63) is 23.9 Å². The monoisotopic (exact) mass is 157 g/mol. The highest BCUT2D eigenvalue weighted by molar-refractivity contribution is 6.16. The van der Waals surface area contributed by atoms with Crippen LogP contribution in [0.5, 0.6) is 0 Å². The van der Waals surface area contributed by atoms with Crippen molar-refractivity contribution in [1.82, 2.24) is 4.98 Å². The van der Waals surface area contributed by atoms with E-state index in [0.717, 1.165) is 5.69 Å². The van der Waals surface area contributed by atoms with Crippen LogP contribution in [0.25, 0.3) is 6.08 Å². The quantitative estimate of drug-likeness (QED) is 0.617. The first-order chi connectivity index (χ1) is 4.86. The molecule has 1 rings (SSSR count). The summed E-state index contributed by atoms with van der Waals surface area (Å²) in [6.45, 7) is 1.91. The molecule has 0 fully saturated rings. The normalized spacial score (nSPS) is 11.0. The van der Waals surface area contributed by atoms with E-state index >= 15 is 0 Å². The Balaban J connectivity index is 2.78. The molecule has 1 aromatic heterocycles. The zero-order valence-corrected chi connectivity index (χ0v) is 6.43. The van der Waals surface area contributed by atoms with Crippen LogP contribution in [0.15, 0.2) is 16.8 Å². The number of halogens is 1. The maximum absolute atomic E-state index is 5.49. The van der Waals surface area contributed by atoms with E-state index in [4.69, 9.17) is 16.0 Å². The van der Waals surface area contributed by atoms with Crippen LogP contribution < -0.4 is 0 Å². The molecule has 0 bridgehead atoms. The minimum atomic E-state index is 0.404. The lowest BCUT2D eigenvalue weighted by Gasteiger charge is -1.77. The average Bonchev–Trinajstić information content (AvgIpc) is 2.37. The number of alkyl halides is 1. The van der Waals surface area contributed by atoms with Crippen LogP contribution in [0, 0.1) is 0 Å². The summed E-state index contributed by atoms with van der Waals surface area (Å²) in [4.78, 5) is 4.03. The van der Waals surface area contributed by atoms with Gasteiger partial charge in [-0.1, -0.05) is 6.08 Å². The van der Waals surface area contributed by atoms with Gasteiger partial charge < -0.3 is 4.42 Å². The fourth-order valence-electron chi connectivity index (χ4n) is 0.603. The molecule has 54 valence electrons. The van der Waals surface area contributed by atoms with E-state index in [9.17, 15) is 0 Å². The number of allylic oxidation sites excluding steroid dienone is 1. The highest BCUT2D eigenvalue weighted by Gasteiger charge is 1.96. The number of aromatic nitrogens is 1. The third kappa shape index (κ3) is 1.61. The molecule has 0 saturated heterocycles. The molecule has 0 aliphatic heterocycles. The van der Waals surface area contributed by atoms with Crippen molar-refractivity contribution in [3.63, 3.8) is 0 Å². The summed E-state index contributed by atoms with van der Waals surface area (Å²) in [7, 11) is 0. The highest BCUT2D eigenvalue weighted by Crippen LogP contribution is 2.05. The molecule has 0 radical (unpaired) electrons. The summed E-state index contributed by atoms with van der Waals surface area (Å²) in [5.74, 6) is 1.01. The van der Waals surface area contributed by atoms with Crippen molar-refractivity contribution in [2.45, 2.75) is 12.8 Å². The Kier molecular flexibility index (Phi) is 2.51. The van der Waals surface area contributed by atoms with Gasteiger partial charge in [0.2, 0.25) is 5.89 Å². The van der Waals surface area contributed by atoms with Gasteiger partial charge in [0.05, 0.1) is 11.6 Å². The Morgan fingerprint density at radius 1 is 1.80 bits per heavy atom. The molecule has 0 unspecified atom stereocenters. The van der Waals surface area contributed by atoms with Crippen molar-refractivity contribution >= 4 is 17.7 Å². The predicted octanol–water partition coefficient (Wildman–Crippen LogP) is 2.45. The lowest BCUT2D eigenvalue weighted by Crippen LogP contribution is -1.75. The molecule has 0 amide bonds. The molecule has 2 nitrogen and oxygen atoms in total. The third-order valence-corrected chi connectivity index (χ3v) is 1.29. The van der Waals surface area contributed by atoms with Gasteiger partial charge in [-0.3, -0.25) is 0 Å². The Morgan fingerprint density at radius 2 is 2.60 bits per heavy atom. The Labute approximate surface area is 64.5 Å². The van der Waals surface area contributed by atoms with Crippen LogP contribution in [0.2, 0.25) is 0 Å². The van der Waals surface area contributed by atoms with Crippen LogP contribution in [0.1, 0.15) is 18.5 Å². The van der Waals surface area contributed by atoms with Gasteiger partial charge in [-0.05, 0) is 13.0 Å². The van der Waals surface area contributed by atoms with Crippen molar-refractivity contribution < 1.29 is 4.42 Å². The Hall–Kier alpha value is -0.760. The molecular weight excluding hydrogens is 150 g/mol. The number of nitrogens with zero attached hydrogens (tertiary/aromatic N) is 1. The van der Waals surface area contributed by atoms with E-state index in [1.807, 2.05) is 13.0 Å². The van der Waals surface area contributed by atoms with Crippen molar-refractivity contribution in [2.75, 3.05) is 0 Å². The van der Waals surface area contributed by atoms with E-state index in [1.165, 1.54) is 0 Å². The molecule has 0 atom stereocenters. The van der Waals surface area contributed by atoms with E-state index in [-0.39, 0.29) is 0 Å². The molecule has 10 heavy (non-hydrogen) atoms. The van der Waals surface area contributed by atoms with Crippen molar-refractivity contribution in [1.29, 1.82) is 0 Å². The topological polar surface area (TPSA) is 26.0 Å². The van der Waals surface area contributed by atoms with Gasteiger partial charge in [-0.25, -0.2) is 4.98 Å². The SMILES string of the molecule is C/C=C/c1nc(CCl)co1. The minimum absolute atomic E-state index is 0.404. The molecule has 1 heterocycles. The second-order valence-corrected chi connectivity index (χ2v) is 2.08. The Morgan fingerprint density at radius 3 is 3.10 bits per heavy atom. The fourth-order valence-corrected chi connectivity index (χ4v) is 0.726. The van der Waals surface area contributed by atoms with Gasteiger partial charge in [-0.15, -0.1) is 11.6 Å². The van der Waals surface area contributed by atoms with E-state index in [0.29, 0.717) is 11.8 Å². The summed E-state index contributed by atoms with van der Waals surface area (Å²) in [6.07, 6.45) is 5.21. The summed E-state index contributed by atoms with van der Waals surface area (Å²) in [5, 5.41) is 0. The average molecular weight is 158 g/mol. The molecular formula is C7H8ClNO. The maximum Gasteiger partial charge on any atom is 0.218 e. The van der Waals surface area contributed by atoms with E-state index in [1.54, 1.807) is 12.3 Å². The number of oxazole rings is 1. The second kappa shape index (κ2) is 3.42. The largest absolute Gasteiger partial charge is 0.445 e. The second-order valence-electron chi connectivity index (χ2n) is 1.81. The van der Waals surface area contributed by atoms with Gasteiger partial charge in [0.15, 0.2) is 0 Å². The minimum Gasteiger partial charge on any atom is -0.445 e. The Bertz CT molecular complexity index is 229. The molecule has 0 aromatic carbocycles. The molecule has 1 aromatic rings. The lowest BCUT2D eigenvalue weighted by atomic mass is 10.5. The van der Waals surface area contributed by atoms with E-state index in [2.05, 4.69) is 4.98 Å². The maximum atomic E-state index is 5.49. The molecule has 0 spiro atoms. The number of hydrogen-bond donors (Lipinski definition) is 0. The zero-order chi connectivity index (χ0) is 7.40. The van der Waals surface area contributed by atoms with E-state index < -0.39 is 0 Å². The summed E-state index contributed by atoms with van der Waals surface area (Å²) in [6, 6.07) is 0. The third-order valence-electron chi connectivity index (χ3n) is 1.02. The number of hydrogen-bond acceptors (Lipinski definition) is 2. The predicted molar refractivity (Wildman–Crippen MR) is 40.8 cm³/mol. The molecule has 0 aliphatic rings. The van der Waals surface area contributed by atoms with Gasteiger partial charge in [-0.2, -0.15) is 0 Å². The standard InChI is InChI=1S/C7H8ClNO/c1-2-3-7-9-6(4-8)5-10-7/h2-3,5H,4H2,1H3/b3-2+. The highest BCUT2D eigenvalue weighted by atomic mass is 35.5. The smallest absolute Gasteiger partial charge is 0.218 e. The van der Waals surface area contributed by atoms with Gasteiger partial charge in [0.1, 0.15) is 6.26 Å². The lowest BCUT2D eigenvalue weighted by molar-refractivity contribution is 0.545. The molecule has 0 N–H and O–H groups in total.